The van der Waals surface area contributed by atoms with E-state index in [9.17, 15) is 14.0 Å². The van der Waals surface area contributed by atoms with E-state index in [4.69, 9.17) is 0 Å². The highest BCUT2D eigenvalue weighted by atomic mass is 79.9. The lowest BCUT2D eigenvalue weighted by molar-refractivity contribution is -0.140. The first-order valence-corrected chi connectivity index (χ1v) is 13.8. The molecule has 0 bridgehead atoms. The molecule has 0 radical (unpaired) electrons. The van der Waals surface area contributed by atoms with Crippen molar-refractivity contribution in [3.05, 3.63) is 106 Å². The van der Waals surface area contributed by atoms with Crippen molar-refractivity contribution < 1.29 is 14.0 Å². The van der Waals surface area contributed by atoms with E-state index in [1.807, 2.05) is 75.4 Å². The second-order valence-corrected chi connectivity index (χ2v) is 11.6. The average molecular weight is 572 g/mol. The Morgan fingerprint density at radius 3 is 2.31 bits per heavy atom. The quantitative estimate of drug-likeness (QED) is 0.308. The van der Waals surface area contributed by atoms with Crippen molar-refractivity contribution in [2.45, 2.75) is 51.1 Å². The lowest BCUT2D eigenvalue weighted by Crippen LogP contribution is -2.54. The summed E-state index contributed by atoms with van der Waals surface area (Å²) in [5.41, 5.74) is 1.99. The zero-order valence-electron chi connectivity index (χ0n) is 20.8. The maximum atomic E-state index is 14.1. The van der Waals surface area contributed by atoms with Crippen LogP contribution >= 0.6 is 27.7 Å². The van der Waals surface area contributed by atoms with E-state index in [1.54, 1.807) is 23.1 Å². The standard InChI is InChI=1S/C29H32BrFN2O2S/c1-29(2,3)32-28(35)26(17-21-10-5-4-6-11-21)33(18-22-12-9-14-24(30)16-22)27(34)20-36-19-23-13-7-8-15-25(23)31/h4-16,26H,17-20H2,1-3H3,(H,32,35)/t26-/m1/s1. The van der Waals surface area contributed by atoms with Crippen LogP contribution in [-0.2, 0) is 28.3 Å². The largest absolute Gasteiger partial charge is 0.350 e. The first-order chi connectivity index (χ1) is 17.1. The molecule has 0 heterocycles. The van der Waals surface area contributed by atoms with Crippen LogP contribution in [0.4, 0.5) is 4.39 Å². The monoisotopic (exact) mass is 570 g/mol. The van der Waals surface area contributed by atoms with Gasteiger partial charge in [0.05, 0.1) is 5.75 Å². The molecule has 190 valence electrons. The van der Waals surface area contributed by atoms with Crippen molar-refractivity contribution in [2.75, 3.05) is 5.75 Å². The molecule has 0 aliphatic rings. The molecule has 1 atom stereocenters. The van der Waals surface area contributed by atoms with Gasteiger partial charge in [0.1, 0.15) is 11.9 Å². The van der Waals surface area contributed by atoms with Crippen LogP contribution in [0.5, 0.6) is 0 Å². The molecule has 3 aromatic rings. The summed E-state index contributed by atoms with van der Waals surface area (Å²) >= 11 is 4.85. The van der Waals surface area contributed by atoms with Gasteiger partial charge in [-0.25, -0.2) is 4.39 Å². The Kier molecular flexibility index (Phi) is 10.1. The van der Waals surface area contributed by atoms with Crippen LogP contribution < -0.4 is 5.32 Å². The van der Waals surface area contributed by atoms with Gasteiger partial charge in [-0.05, 0) is 55.7 Å². The summed E-state index contributed by atoms with van der Waals surface area (Å²) in [5.74, 6) is -0.137. The lowest BCUT2D eigenvalue weighted by Gasteiger charge is -2.34. The van der Waals surface area contributed by atoms with Crippen LogP contribution in [0.15, 0.2) is 83.3 Å². The fraction of sp³-hybridized carbons (Fsp3) is 0.310. The molecule has 0 saturated carbocycles. The summed E-state index contributed by atoms with van der Waals surface area (Å²) in [6.07, 6.45) is 0.389. The summed E-state index contributed by atoms with van der Waals surface area (Å²) in [5, 5.41) is 3.06. The van der Waals surface area contributed by atoms with Crippen molar-refractivity contribution in [1.29, 1.82) is 0 Å². The van der Waals surface area contributed by atoms with E-state index in [0.29, 0.717) is 17.7 Å². The number of nitrogens with one attached hydrogen (secondary N) is 1. The predicted octanol–water partition coefficient (Wildman–Crippen LogP) is 6.38. The summed E-state index contributed by atoms with van der Waals surface area (Å²) in [6.45, 7) is 6.06. The van der Waals surface area contributed by atoms with E-state index in [-0.39, 0.29) is 29.9 Å². The van der Waals surface area contributed by atoms with Gasteiger partial charge < -0.3 is 10.2 Å². The van der Waals surface area contributed by atoms with Gasteiger partial charge in [-0.2, -0.15) is 0 Å². The van der Waals surface area contributed by atoms with Gasteiger partial charge >= 0.3 is 0 Å². The minimum absolute atomic E-state index is 0.135. The van der Waals surface area contributed by atoms with Gasteiger partial charge in [0.15, 0.2) is 0 Å². The maximum Gasteiger partial charge on any atom is 0.243 e. The second kappa shape index (κ2) is 13.1. The number of amides is 2. The topological polar surface area (TPSA) is 49.4 Å². The van der Waals surface area contributed by atoms with Crippen LogP contribution in [0.3, 0.4) is 0 Å². The molecule has 3 aromatic carbocycles. The van der Waals surface area contributed by atoms with Gasteiger partial charge in [-0.3, -0.25) is 9.59 Å². The number of benzene rings is 3. The van der Waals surface area contributed by atoms with E-state index < -0.39 is 11.6 Å². The molecule has 0 aliphatic carbocycles. The molecule has 0 unspecified atom stereocenters. The molecule has 0 fully saturated rings. The molecule has 0 aliphatic heterocycles. The van der Waals surface area contributed by atoms with Gasteiger partial charge in [-0.1, -0.05) is 76.6 Å². The van der Waals surface area contributed by atoms with Gasteiger partial charge in [0, 0.05) is 28.7 Å². The normalized spacial score (nSPS) is 12.1. The number of carbonyl (C=O) groups is 2. The molecule has 0 spiro atoms. The second-order valence-electron chi connectivity index (χ2n) is 9.68. The fourth-order valence-corrected chi connectivity index (χ4v) is 5.13. The van der Waals surface area contributed by atoms with Crippen molar-refractivity contribution >= 4 is 39.5 Å². The minimum Gasteiger partial charge on any atom is -0.350 e. The summed E-state index contributed by atoms with van der Waals surface area (Å²) in [4.78, 5) is 28.8. The van der Waals surface area contributed by atoms with E-state index in [1.165, 1.54) is 17.8 Å². The molecular weight excluding hydrogens is 539 g/mol. The molecule has 0 aromatic heterocycles. The van der Waals surface area contributed by atoms with Crippen LogP contribution in [0.2, 0.25) is 0 Å². The SMILES string of the molecule is CC(C)(C)NC(=O)[C@@H](Cc1ccccc1)N(Cc1cccc(Br)c1)C(=O)CSCc1ccccc1F. The van der Waals surface area contributed by atoms with Crippen LogP contribution in [0, 0.1) is 5.82 Å². The Bertz CT molecular complexity index is 1170. The first kappa shape index (κ1) is 27.9. The molecule has 0 saturated heterocycles. The van der Waals surface area contributed by atoms with Crippen molar-refractivity contribution in [3.8, 4) is 0 Å². The molecule has 3 rings (SSSR count). The number of rotatable bonds is 10. The zero-order chi connectivity index (χ0) is 26.1. The third-order valence-corrected chi connectivity index (χ3v) is 6.91. The Labute approximate surface area is 225 Å². The maximum absolute atomic E-state index is 14.1. The highest BCUT2D eigenvalue weighted by Crippen LogP contribution is 2.21. The Hall–Kier alpha value is -2.64. The highest BCUT2D eigenvalue weighted by molar-refractivity contribution is 9.10. The third-order valence-electron chi connectivity index (χ3n) is 5.45. The van der Waals surface area contributed by atoms with Crippen LogP contribution in [0.25, 0.3) is 0 Å². The Morgan fingerprint density at radius 2 is 1.64 bits per heavy atom. The van der Waals surface area contributed by atoms with Crippen LogP contribution in [-0.4, -0.2) is 34.0 Å². The molecule has 1 N–H and O–H groups in total. The molecule has 36 heavy (non-hydrogen) atoms. The van der Waals surface area contributed by atoms with Crippen LogP contribution in [0.1, 0.15) is 37.5 Å². The highest BCUT2D eigenvalue weighted by Gasteiger charge is 2.32. The van der Waals surface area contributed by atoms with Gasteiger partial charge in [-0.15, -0.1) is 11.8 Å². The van der Waals surface area contributed by atoms with Crippen molar-refractivity contribution in [2.24, 2.45) is 0 Å². The fourth-order valence-electron chi connectivity index (χ4n) is 3.79. The lowest BCUT2D eigenvalue weighted by atomic mass is 10.0. The number of hydrogen-bond donors (Lipinski definition) is 1. The van der Waals surface area contributed by atoms with E-state index in [0.717, 1.165) is 15.6 Å². The van der Waals surface area contributed by atoms with Crippen molar-refractivity contribution in [3.63, 3.8) is 0 Å². The first-order valence-electron chi connectivity index (χ1n) is 11.8. The minimum atomic E-state index is -0.702. The number of thioether (sulfide) groups is 1. The number of carbonyl (C=O) groups excluding carboxylic acids is 2. The molecule has 4 nitrogen and oxygen atoms in total. The van der Waals surface area contributed by atoms with Gasteiger partial charge in [0.2, 0.25) is 11.8 Å². The smallest absolute Gasteiger partial charge is 0.243 e. The number of nitrogens with zero attached hydrogens (tertiary/aromatic N) is 1. The summed E-state index contributed by atoms with van der Waals surface area (Å²) in [6, 6.07) is 23.3. The van der Waals surface area contributed by atoms with Gasteiger partial charge in [0.25, 0.3) is 0 Å². The predicted molar refractivity (Wildman–Crippen MR) is 149 cm³/mol. The summed E-state index contributed by atoms with van der Waals surface area (Å²) < 4.78 is 15.0. The Balaban J connectivity index is 1.88. The van der Waals surface area contributed by atoms with E-state index in [2.05, 4.69) is 21.2 Å². The number of halogens is 2. The third kappa shape index (κ3) is 8.79. The zero-order valence-corrected chi connectivity index (χ0v) is 23.2. The molecule has 2 amide bonds. The van der Waals surface area contributed by atoms with E-state index >= 15 is 0 Å². The van der Waals surface area contributed by atoms with Crippen molar-refractivity contribution in [1.82, 2.24) is 10.2 Å². The summed E-state index contributed by atoms with van der Waals surface area (Å²) in [7, 11) is 0. The number of hydrogen-bond acceptors (Lipinski definition) is 3. The Morgan fingerprint density at radius 1 is 0.972 bits per heavy atom. The average Bonchev–Trinajstić information content (AvgIpc) is 2.82. The molecule has 7 heteroatoms. The molecular formula is C29H32BrFN2O2S.